The van der Waals surface area contributed by atoms with Crippen LogP contribution in [-0.2, 0) is 6.61 Å². The number of hydrogen-bond donors (Lipinski definition) is 2. The number of ether oxygens (including phenoxy) is 1. The number of hydrazine groups is 1. The van der Waals surface area contributed by atoms with E-state index in [1.807, 2.05) is 5.43 Å². The van der Waals surface area contributed by atoms with Crippen molar-refractivity contribution in [2.75, 3.05) is 0 Å². The number of nitrogens with one attached hydrogen (secondary N) is 1. The molecule has 0 saturated carbocycles. The molecule has 0 radical (unpaired) electrons. The monoisotopic (exact) mass is 279 g/mol. The van der Waals surface area contributed by atoms with Gasteiger partial charge in [-0.25, -0.2) is 14.6 Å². The number of aromatic nitrogens is 1. The number of carbonyl (C=O) groups is 1. The Labute approximate surface area is 113 Å². The van der Waals surface area contributed by atoms with Crippen LogP contribution < -0.4 is 16.0 Å². The molecule has 104 valence electrons. The fraction of sp³-hybridized carbons (Fsp3) is 0.0769. The molecule has 0 saturated heterocycles. The van der Waals surface area contributed by atoms with Crippen LogP contribution in [0.3, 0.4) is 0 Å². The Kier molecular flexibility index (Phi) is 4.21. The highest BCUT2D eigenvalue weighted by atomic mass is 19.1. The molecule has 1 aromatic carbocycles. The second kappa shape index (κ2) is 6.07. The van der Waals surface area contributed by atoms with Crippen molar-refractivity contribution >= 4 is 5.91 Å². The van der Waals surface area contributed by atoms with E-state index in [1.165, 1.54) is 18.3 Å². The largest absolute Gasteiger partial charge is 0.484 e. The minimum absolute atomic E-state index is 0.0507. The van der Waals surface area contributed by atoms with Gasteiger partial charge in [-0.15, -0.1) is 0 Å². The number of pyridine rings is 1. The van der Waals surface area contributed by atoms with Gasteiger partial charge < -0.3 is 4.74 Å². The van der Waals surface area contributed by atoms with Gasteiger partial charge in [-0.1, -0.05) is 0 Å². The van der Waals surface area contributed by atoms with E-state index >= 15 is 0 Å². The van der Waals surface area contributed by atoms with E-state index in [4.69, 9.17) is 10.6 Å². The predicted octanol–water partition coefficient (Wildman–Crippen LogP) is 1.54. The summed E-state index contributed by atoms with van der Waals surface area (Å²) < 4.78 is 31.4. The molecule has 0 fully saturated rings. The summed E-state index contributed by atoms with van der Waals surface area (Å²) in [6, 6.07) is 5.95. The van der Waals surface area contributed by atoms with Gasteiger partial charge in [-0.05, 0) is 24.3 Å². The van der Waals surface area contributed by atoms with Crippen molar-refractivity contribution in [3.8, 4) is 5.75 Å². The smallest absolute Gasteiger partial charge is 0.266 e. The third-order valence-corrected chi connectivity index (χ3v) is 2.49. The van der Waals surface area contributed by atoms with Crippen LogP contribution in [0.5, 0.6) is 5.75 Å². The van der Waals surface area contributed by atoms with E-state index in [9.17, 15) is 13.6 Å². The average Bonchev–Trinajstić information content (AvgIpc) is 2.48. The Morgan fingerprint density at radius 2 is 2.10 bits per heavy atom. The lowest BCUT2D eigenvalue weighted by Gasteiger charge is -2.07. The first kappa shape index (κ1) is 13.9. The maximum absolute atomic E-state index is 13.3. The number of nitrogen functional groups attached to an aromatic ring is 1. The van der Waals surface area contributed by atoms with Crippen LogP contribution in [0.2, 0.25) is 0 Å². The van der Waals surface area contributed by atoms with E-state index in [1.54, 1.807) is 0 Å². The number of rotatable bonds is 4. The van der Waals surface area contributed by atoms with Gasteiger partial charge in [-0.3, -0.25) is 15.2 Å². The topological polar surface area (TPSA) is 77.2 Å². The molecule has 1 amide bonds. The summed E-state index contributed by atoms with van der Waals surface area (Å²) in [5.74, 6) is 3.05. The molecule has 0 unspecified atom stereocenters. The first-order valence-electron chi connectivity index (χ1n) is 5.64. The Hall–Kier alpha value is -2.54. The number of nitrogens with two attached hydrogens (primary N) is 1. The van der Waals surface area contributed by atoms with Gasteiger partial charge in [0.25, 0.3) is 5.91 Å². The summed E-state index contributed by atoms with van der Waals surface area (Å²) in [5, 5.41) is 0. The van der Waals surface area contributed by atoms with E-state index in [0.29, 0.717) is 5.69 Å². The van der Waals surface area contributed by atoms with Crippen LogP contribution in [0.25, 0.3) is 0 Å². The van der Waals surface area contributed by atoms with E-state index in [0.717, 1.165) is 18.2 Å². The summed E-state index contributed by atoms with van der Waals surface area (Å²) in [7, 11) is 0. The lowest BCUT2D eigenvalue weighted by molar-refractivity contribution is 0.0953. The highest BCUT2D eigenvalue weighted by Crippen LogP contribution is 2.19. The predicted molar refractivity (Wildman–Crippen MR) is 66.6 cm³/mol. The first-order chi connectivity index (χ1) is 9.60. The van der Waals surface area contributed by atoms with Gasteiger partial charge in [0.15, 0.2) is 11.6 Å². The zero-order valence-electron chi connectivity index (χ0n) is 10.3. The standard InChI is InChI=1S/C13H11F2N3O2/c14-9-2-4-11(15)12(5-9)20-7-10-3-1-8(6-17-10)13(19)18-16/h1-6H,7,16H2,(H,18,19). The molecule has 1 heterocycles. The summed E-state index contributed by atoms with van der Waals surface area (Å²) in [6.07, 6.45) is 1.31. The maximum Gasteiger partial charge on any atom is 0.266 e. The molecule has 1 aromatic heterocycles. The number of halogens is 2. The molecule has 3 N–H and O–H groups in total. The Morgan fingerprint density at radius 3 is 2.75 bits per heavy atom. The fourth-order valence-corrected chi connectivity index (χ4v) is 1.47. The van der Waals surface area contributed by atoms with Crippen LogP contribution >= 0.6 is 0 Å². The Balaban J connectivity index is 2.04. The number of carbonyl (C=O) groups excluding carboxylic acids is 1. The Bertz CT molecular complexity index is 618. The lowest BCUT2D eigenvalue weighted by Crippen LogP contribution is -2.30. The maximum atomic E-state index is 13.3. The quantitative estimate of drug-likeness (QED) is 0.505. The van der Waals surface area contributed by atoms with Crippen molar-refractivity contribution < 1.29 is 18.3 Å². The molecule has 0 spiro atoms. The van der Waals surface area contributed by atoms with E-state index < -0.39 is 17.5 Å². The van der Waals surface area contributed by atoms with Crippen LogP contribution in [-0.4, -0.2) is 10.9 Å². The molecule has 5 nitrogen and oxygen atoms in total. The van der Waals surface area contributed by atoms with E-state index in [2.05, 4.69) is 4.98 Å². The average molecular weight is 279 g/mol. The van der Waals surface area contributed by atoms with Crippen molar-refractivity contribution in [2.45, 2.75) is 6.61 Å². The second-order valence-electron chi connectivity index (χ2n) is 3.88. The number of hydrogen-bond acceptors (Lipinski definition) is 4. The molecule has 2 aromatic rings. The summed E-state index contributed by atoms with van der Waals surface area (Å²) >= 11 is 0. The highest BCUT2D eigenvalue weighted by Gasteiger charge is 2.07. The SMILES string of the molecule is NNC(=O)c1ccc(COc2cc(F)ccc2F)nc1. The number of nitrogens with zero attached hydrogens (tertiary/aromatic N) is 1. The molecular weight excluding hydrogens is 268 g/mol. The molecule has 20 heavy (non-hydrogen) atoms. The summed E-state index contributed by atoms with van der Waals surface area (Å²) in [5.41, 5.74) is 2.72. The molecule has 0 bridgehead atoms. The normalized spacial score (nSPS) is 10.2. The van der Waals surface area contributed by atoms with Crippen molar-refractivity contribution in [2.24, 2.45) is 5.84 Å². The van der Waals surface area contributed by atoms with Crippen molar-refractivity contribution in [1.82, 2.24) is 10.4 Å². The molecular formula is C13H11F2N3O2. The van der Waals surface area contributed by atoms with Gasteiger partial charge in [-0.2, -0.15) is 0 Å². The minimum atomic E-state index is -0.662. The van der Waals surface area contributed by atoms with Gasteiger partial charge in [0.2, 0.25) is 0 Å². The van der Waals surface area contributed by atoms with Crippen molar-refractivity contribution in [1.29, 1.82) is 0 Å². The van der Waals surface area contributed by atoms with Crippen molar-refractivity contribution in [3.63, 3.8) is 0 Å². The van der Waals surface area contributed by atoms with Gasteiger partial charge >= 0.3 is 0 Å². The molecule has 0 aliphatic heterocycles. The highest BCUT2D eigenvalue weighted by molar-refractivity contribution is 5.93. The third-order valence-electron chi connectivity index (χ3n) is 2.49. The minimum Gasteiger partial charge on any atom is -0.484 e. The third kappa shape index (κ3) is 3.27. The number of benzene rings is 1. The summed E-state index contributed by atoms with van der Waals surface area (Å²) in [6.45, 7) is -0.0507. The fourth-order valence-electron chi connectivity index (χ4n) is 1.47. The summed E-state index contributed by atoms with van der Waals surface area (Å²) in [4.78, 5) is 15.1. The van der Waals surface area contributed by atoms with Crippen molar-refractivity contribution in [3.05, 3.63) is 59.4 Å². The number of amides is 1. The Morgan fingerprint density at radius 1 is 1.30 bits per heavy atom. The van der Waals surface area contributed by atoms with Crippen LogP contribution in [0.4, 0.5) is 8.78 Å². The molecule has 0 aliphatic rings. The molecule has 2 rings (SSSR count). The van der Waals surface area contributed by atoms with Crippen LogP contribution in [0, 0.1) is 11.6 Å². The van der Waals surface area contributed by atoms with Crippen LogP contribution in [0.1, 0.15) is 16.1 Å². The van der Waals surface area contributed by atoms with Crippen LogP contribution in [0.15, 0.2) is 36.5 Å². The second-order valence-corrected chi connectivity index (χ2v) is 3.88. The molecule has 7 heteroatoms. The molecule has 0 aliphatic carbocycles. The van der Waals surface area contributed by atoms with E-state index in [-0.39, 0.29) is 17.9 Å². The zero-order valence-corrected chi connectivity index (χ0v) is 10.3. The van der Waals surface area contributed by atoms with Gasteiger partial charge in [0, 0.05) is 12.3 Å². The van der Waals surface area contributed by atoms with Gasteiger partial charge in [0.05, 0.1) is 11.3 Å². The lowest BCUT2D eigenvalue weighted by atomic mass is 10.2. The molecule has 0 atom stereocenters. The first-order valence-corrected chi connectivity index (χ1v) is 5.64. The zero-order chi connectivity index (χ0) is 14.5. The van der Waals surface area contributed by atoms with Gasteiger partial charge in [0.1, 0.15) is 12.4 Å².